The lowest BCUT2D eigenvalue weighted by Crippen LogP contribution is -2.42. The van der Waals surface area contributed by atoms with Gasteiger partial charge < -0.3 is 15.2 Å². The van der Waals surface area contributed by atoms with Crippen molar-refractivity contribution in [2.75, 3.05) is 7.11 Å². The fraction of sp³-hybridized carbons (Fsp3) is 0.308. The van der Waals surface area contributed by atoms with Crippen LogP contribution in [-0.4, -0.2) is 36.1 Å². The Balaban J connectivity index is 2.88. The number of carbonyl (C=O) groups excluding carboxylic acids is 2. The molecule has 1 aromatic carbocycles. The average Bonchev–Trinajstić information content (AvgIpc) is 2.40. The summed E-state index contributed by atoms with van der Waals surface area (Å²) in [5, 5.41) is 11.3. The Morgan fingerprint density at radius 1 is 1.40 bits per heavy atom. The fourth-order valence-electron chi connectivity index (χ4n) is 1.51. The molecule has 1 amide bonds. The number of hydrogen-bond donors (Lipinski definition) is 2. The van der Waals surface area contributed by atoms with Gasteiger partial charge in [-0.1, -0.05) is 12.1 Å². The summed E-state index contributed by atoms with van der Waals surface area (Å²) in [6.07, 6.45) is -0.417. The number of nitrogens with one attached hydrogen (secondary N) is 1. The lowest BCUT2D eigenvalue weighted by Gasteiger charge is -2.14. The maximum Gasteiger partial charge on any atom is 0.326 e. The van der Waals surface area contributed by atoms with E-state index in [4.69, 9.17) is 5.11 Å². The zero-order chi connectivity index (χ0) is 15.3. The van der Waals surface area contributed by atoms with Crippen molar-refractivity contribution in [3.05, 3.63) is 32.9 Å². The maximum absolute atomic E-state index is 12.1. The van der Waals surface area contributed by atoms with Crippen LogP contribution < -0.4 is 5.32 Å². The summed E-state index contributed by atoms with van der Waals surface area (Å²) in [6, 6.07) is 3.84. The summed E-state index contributed by atoms with van der Waals surface area (Å²) in [5.74, 6) is -2.52. The first-order valence-electron chi connectivity index (χ1n) is 5.72. The van der Waals surface area contributed by atoms with Gasteiger partial charge in [-0.25, -0.2) is 4.79 Å². The summed E-state index contributed by atoms with van der Waals surface area (Å²) in [7, 11) is 1.16. The van der Waals surface area contributed by atoms with E-state index in [2.05, 4.69) is 10.1 Å². The van der Waals surface area contributed by atoms with Crippen LogP contribution >= 0.6 is 22.6 Å². The molecule has 0 fully saturated rings. The minimum Gasteiger partial charge on any atom is -0.480 e. The molecule has 6 nitrogen and oxygen atoms in total. The third-order valence-electron chi connectivity index (χ3n) is 2.64. The Morgan fingerprint density at radius 2 is 2.05 bits per heavy atom. The number of halogens is 1. The molecule has 1 atom stereocenters. The SMILES string of the molecule is COC(=O)C[C@H](NC(=O)c1cccc(C)c1I)C(=O)O. The first-order chi connectivity index (χ1) is 9.36. The van der Waals surface area contributed by atoms with Crippen molar-refractivity contribution in [3.63, 3.8) is 0 Å². The zero-order valence-corrected chi connectivity index (χ0v) is 13.1. The number of amides is 1. The van der Waals surface area contributed by atoms with E-state index < -0.39 is 30.3 Å². The smallest absolute Gasteiger partial charge is 0.326 e. The molecule has 1 aromatic rings. The van der Waals surface area contributed by atoms with E-state index in [1.807, 2.05) is 35.6 Å². The van der Waals surface area contributed by atoms with E-state index in [9.17, 15) is 14.4 Å². The molecular formula is C13H14INO5. The van der Waals surface area contributed by atoms with Gasteiger partial charge in [0.2, 0.25) is 0 Å². The van der Waals surface area contributed by atoms with Crippen molar-refractivity contribution in [2.45, 2.75) is 19.4 Å². The highest BCUT2D eigenvalue weighted by Crippen LogP contribution is 2.16. The van der Waals surface area contributed by atoms with Gasteiger partial charge in [0.1, 0.15) is 6.04 Å². The highest BCUT2D eigenvalue weighted by atomic mass is 127. The number of rotatable bonds is 5. The monoisotopic (exact) mass is 391 g/mol. The van der Waals surface area contributed by atoms with Crippen molar-refractivity contribution in [2.24, 2.45) is 0 Å². The number of carbonyl (C=O) groups is 3. The van der Waals surface area contributed by atoms with Crippen LogP contribution in [0.15, 0.2) is 18.2 Å². The molecule has 0 aliphatic rings. The first kappa shape index (κ1) is 16.4. The standard InChI is InChI=1S/C13H14INO5/c1-7-4-3-5-8(11(7)14)12(17)15-9(13(18)19)6-10(16)20-2/h3-5,9H,6H2,1-2H3,(H,15,17)(H,18,19)/t9-/m0/s1. The highest BCUT2D eigenvalue weighted by molar-refractivity contribution is 14.1. The Labute approximate surface area is 129 Å². The Bertz CT molecular complexity index is 544. The summed E-state index contributed by atoms with van der Waals surface area (Å²) in [5.41, 5.74) is 1.29. The van der Waals surface area contributed by atoms with Crippen molar-refractivity contribution < 1.29 is 24.2 Å². The van der Waals surface area contributed by atoms with Crippen LogP contribution in [0.4, 0.5) is 0 Å². The molecule has 0 spiro atoms. The molecule has 108 valence electrons. The van der Waals surface area contributed by atoms with E-state index in [1.165, 1.54) is 0 Å². The molecule has 0 aliphatic heterocycles. The number of ether oxygens (including phenoxy) is 1. The number of carboxylic acid groups (broad SMARTS) is 1. The number of esters is 1. The fourth-order valence-corrected chi connectivity index (χ4v) is 2.11. The van der Waals surface area contributed by atoms with Gasteiger partial charge in [0, 0.05) is 3.57 Å². The number of hydrogen-bond acceptors (Lipinski definition) is 4. The van der Waals surface area contributed by atoms with E-state index in [-0.39, 0.29) is 0 Å². The predicted octanol–water partition coefficient (Wildman–Crippen LogP) is 1.35. The summed E-state index contributed by atoms with van der Waals surface area (Å²) < 4.78 is 5.15. The van der Waals surface area contributed by atoms with Crippen LogP contribution in [0.2, 0.25) is 0 Å². The zero-order valence-electron chi connectivity index (χ0n) is 11.0. The Hall–Kier alpha value is -1.64. The van der Waals surface area contributed by atoms with Crippen molar-refractivity contribution in [1.29, 1.82) is 0 Å². The largest absolute Gasteiger partial charge is 0.480 e. The number of aliphatic carboxylic acids is 1. The van der Waals surface area contributed by atoms with Crippen molar-refractivity contribution >= 4 is 40.4 Å². The van der Waals surface area contributed by atoms with Crippen LogP contribution in [0.5, 0.6) is 0 Å². The molecular weight excluding hydrogens is 377 g/mol. The van der Waals surface area contributed by atoms with E-state index in [0.717, 1.165) is 16.2 Å². The Kier molecular flexibility index (Phi) is 5.93. The number of aryl methyl sites for hydroxylation is 1. The Morgan fingerprint density at radius 3 is 2.60 bits per heavy atom. The molecule has 0 radical (unpaired) electrons. The summed E-state index contributed by atoms with van der Waals surface area (Å²) >= 11 is 2.02. The van der Waals surface area contributed by atoms with Crippen LogP contribution in [0.25, 0.3) is 0 Å². The van der Waals surface area contributed by atoms with Gasteiger partial charge in [-0.05, 0) is 41.1 Å². The van der Waals surface area contributed by atoms with Gasteiger partial charge in [0.05, 0.1) is 19.1 Å². The molecule has 0 aromatic heterocycles. The number of methoxy groups -OCH3 is 1. The molecule has 0 unspecified atom stereocenters. The lowest BCUT2D eigenvalue weighted by atomic mass is 10.1. The summed E-state index contributed by atoms with van der Waals surface area (Å²) in [4.78, 5) is 34.2. The second-order valence-corrected chi connectivity index (χ2v) is 5.16. The molecule has 0 aliphatic carbocycles. The minimum absolute atomic E-state index is 0.377. The van der Waals surface area contributed by atoms with Gasteiger partial charge in [-0.3, -0.25) is 9.59 Å². The van der Waals surface area contributed by atoms with Crippen LogP contribution in [0.3, 0.4) is 0 Å². The van der Waals surface area contributed by atoms with E-state index in [1.54, 1.807) is 12.1 Å². The normalized spacial score (nSPS) is 11.6. The second-order valence-electron chi connectivity index (χ2n) is 4.08. The van der Waals surface area contributed by atoms with Crippen LogP contribution in [-0.2, 0) is 14.3 Å². The third-order valence-corrected chi connectivity index (χ3v) is 4.07. The van der Waals surface area contributed by atoms with E-state index >= 15 is 0 Å². The average molecular weight is 391 g/mol. The van der Waals surface area contributed by atoms with Crippen molar-refractivity contribution in [1.82, 2.24) is 5.32 Å². The van der Waals surface area contributed by atoms with Crippen LogP contribution in [0, 0.1) is 10.5 Å². The van der Waals surface area contributed by atoms with Crippen LogP contribution in [0.1, 0.15) is 22.3 Å². The van der Waals surface area contributed by atoms with Gasteiger partial charge in [0.25, 0.3) is 5.91 Å². The topological polar surface area (TPSA) is 92.7 Å². The molecule has 1 rings (SSSR count). The van der Waals surface area contributed by atoms with E-state index in [0.29, 0.717) is 5.56 Å². The molecule has 0 saturated carbocycles. The summed E-state index contributed by atoms with van der Waals surface area (Å²) in [6.45, 7) is 1.85. The molecule has 7 heteroatoms. The van der Waals surface area contributed by atoms with Gasteiger partial charge >= 0.3 is 11.9 Å². The quantitative estimate of drug-likeness (QED) is 0.584. The second kappa shape index (κ2) is 7.22. The number of carboxylic acids is 1. The molecule has 0 heterocycles. The molecule has 2 N–H and O–H groups in total. The van der Waals surface area contributed by atoms with Gasteiger partial charge in [-0.2, -0.15) is 0 Å². The molecule has 0 saturated heterocycles. The minimum atomic E-state index is -1.31. The van der Waals surface area contributed by atoms with Gasteiger partial charge in [-0.15, -0.1) is 0 Å². The molecule has 0 bridgehead atoms. The maximum atomic E-state index is 12.1. The number of benzene rings is 1. The highest BCUT2D eigenvalue weighted by Gasteiger charge is 2.25. The lowest BCUT2D eigenvalue weighted by molar-refractivity contribution is -0.147. The van der Waals surface area contributed by atoms with Gasteiger partial charge in [0.15, 0.2) is 0 Å². The first-order valence-corrected chi connectivity index (χ1v) is 6.80. The predicted molar refractivity (Wildman–Crippen MR) is 79.4 cm³/mol. The molecule has 20 heavy (non-hydrogen) atoms. The third kappa shape index (κ3) is 4.19. The van der Waals surface area contributed by atoms with Crippen molar-refractivity contribution in [3.8, 4) is 0 Å².